The van der Waals surface area contributed by atoms with Crippen LogP contribution in [0.5, 0.6) is 11.5 Å². The summed E-state index contributed by atoms with van der Waals surface area (Å²) in [6.07, 6.45) is -4.68. The molecular formula is C26H23F3N4O6. The maximum atomic E-state index is 13.3. The van der Waals surface area contributed by atoms with E-state index >= 15 is 0 Å². The Bertz CT molecular complexity index is 1530. The maximum absolute atomic E-state index is 13.3. The number of nitrogens with one attached hydrogen (secondary N) is 1. The molecule has 0 aliphatic rings. The molecule has 0 fully saturated rings. The molecule has 2 aromatic carbocycles. The van der Waals surface area contributed by atoms with Gasteiger partial charge in [-0.2, -0.15) is 13.2 Å². The number of fused-ring (bicyclic) bond motifs is 1. The molecule has 0 bridgehead atoms. The van der Waals surface area contributed by atoms with E-state index in [0.29, 0.717) is 5.56 Å². The minimum atomic E-state index is -4.68. The molecule has 0 radical (unpaired) electrons. The van der Waals surface area contributed by atoms with Gasteiger partial charge in [-0.15, -0.1) is 0 Å². The van der Waals surface area contributed by atoms with Crippen molar-refractivity contribution in [1.29, 1.82) is 0 Å². The van der Waals surface area contributed by atoms with Gasteiger partial charge in [-0.1, -0.05) is 12.1 Å². The van der Waals surface area contributed by atoms with Crippen LogP contribution in [0.1, 0.15) is 46.5 Å². The number of phenols is 1. The molecule has 0 spiro atoms. The summed E-state index contributed by atoms with van der Waals surface area (Å²) in [6.45, 7) is 1.54. The molecule has 0 saturated heterocycles. The second kappa shape index (κ2) is 10.6. The number of aromatic hydroxyl groups is 1. The van der Waals surface area contributed by atoms with E-state index in [1.165, 1.54) is 49.6 Å². The van der Waals surface area contributed by atoms with Gasteiger partial charge < -0.3 is 30.0 Å². The summed E-state index contributed by atoms with van der Waals surface area (Å²) >= 11 is 0. The van der Waals surface area contributed by atoms with Crippen molar-refractivity contribution in [3.8, 4) is 23.0 Å². The number of nitrogens with two attached hydrogens (primary N) is 1. The molecule has 0 unspecified atom stereocenters. The van der Waals surface area contributed by atoms with Gasteiger partial charge >= 0.3 is 12.1 Å². The predicted octanol–water partition coefficient (Wildman–Crippen LogP) is 4.29. The van der Waals surface area contributed by atoms with Crippen LogP contribution in [0.15, 0.2) is 52.9 Å². The number of ether oxygens (including phenoxy) is 2. The Kier molecular flexibility index (Phi) is 7.45. The number of alkyl halides is 3. The molecule has 10 nitrogen and oxygen atoms in total. The highest BCUT2D eigenvalue weighted by molar-refractivity contribution is 5.99. The van der Waals surface area contributed by atoms with Gasteiger partial charge in [0.05, 0.1) is 20.3 Å². The van der Waals surface area contributed by atoms with Crippen molar-refractivity contribution in [2.24, 2.45) is 5.73 Å². The summed E-state index contributed by atoms with van der Waals surface area (Å²) in [6, 6.07) is 8.39. The molecule has 39 heavy (non-hydrogen) atoms. The molecule has 204 valence electrons. The Morgan fingerprint density at radius 3 is 2.33 bits per heavy atom. The zero-order valence-corrected chi connectivity index (χ0v) is 20.9. The second-order valence-electron chi connectivity index (χ2n) is 8.45. The van der Waals surface area contributed by atoms with Crippen molar-refractivity contribution in [2.45, 2.75) is 25.2 Å². The molecule has 4 aromatic rings. The van der Waals surface area contributed by atoms with Gasteiger partial charge in [0.15, 0.2) is 17.5 Å². The van der Waals surface area contributed by atoms with E-state index in [9.17, 15) is 27.9 Å². The van der Waals surface area contributed by atoms with Crippen LogP contribution >= 0.6 is 0 Å². The highest BCUT2D eigenvalue weighted by atomic mass is 19.4. The van der Waals surface area contributed by atoms with Crippen molar-refractivity contribution in [3.63, 3.8) is 0 Å². The summed E-state index contributed by atoms with van der Waals surface area (Å²) in [5.74, 6) is -1.70. The van der Waals surface area contributed by atoms with Crippen molar-refractivity contribution < 1.29 is 41.8 Å². The molecule has 0 saturated carbocycles. The Labute approximate surface area is 219 Å². The first-order valence-electron chi connectivity index (χ1n) is 11.4. The van der Waals surface area contributed by atoms with Gasteiger partial charge in [0.25, 0.3) is 5.91 Å². The number of hydrogen-bond donors (Lipinski definition) is 3. The van der Waals surface area contributed by atoms with Gasteiger partial charge in [0.2, 0.25) is 5.89 Å². The number of oxazole rings is 1. The van der Waals surface area contributed by atoms with E-state index in [1.54, 1.807) is 6.92 Å². The molecule has 0 aliphatic heterocycles. The van der Waals surface area contributed by atoms with Crippen LogP contribution in [0.4, 0.5) is 13.2 Å². The standard InChI is InChI=1S/C26H23F3N4O6/c1-12(30)22-21(23(35)32-19(25(36)38-3)13-4-6-14(34)7-5-13)33-24(39-22)16-8-10-17(37-2)20-15(16)9-11-18(31-20)26(27,28)29/h4-12,19,34H,30H2,1-3H3,(H,32,35)/t12-,19-/m0/s1. The number of pyridine rings is 1. The van der Waals surface area contributed by atoms with Crippen LogP contribution in [-0.2, 0) is 15.7 Å². The summed E-state index contributed by atoms with van der Waals surface area (Å²) in [7, 11) is 2.44. The van der Waals surface area contributed by atoms with Crippen molar-refractivity contribution in [3.05, 3.63) is 71.2 Å². The van der Waals surface area contributed by atoms with Crippen LogP contribution in [0.2, 0.25) is 0 Å². The zero-order valence-electron chi connectivity index (χ0n) is 20.9. The fraction of sp³-hybridized carbons (Fsp3) is 0.231. The SMILES string of the molecule is COC(=O)[C@@H](NC(=O)c1nc(-c2ccc(OC)c3nc(C(F)(F)F)ccc23)oc1[C@H](C)N)c1ccc(O)cc1. The molecule has 2 aromatic heterocycles. The second-order valence-corrected chi connectivity index (χ2v) is 8.45. The number of esters is 1. The fourth-order valence-electron chi connectivity index (χ4n) is 3.88. The minimum Gasteiger partial charge on any atom is -0.508 e. The summed E-state index contributed by atoms with van der Waals surface area (Å²) in [4.78, 5) is 33.7. The van der Waals surface area contributed by atoms with Crippen molar-refractivity contribution in [1.82, 2.24) is 15.3 Å². The maximum Gasteiger partial charge on any atom is 0.433 e. The van der Waals surface area contributed by atoms with Gasteiger partial charge in [-0.3, -0.25) is 4.79 Å². The first-order chi connectivity index (χ1) is 18.4. The van der Waals surface area contributed by atoms with Crippen LogP contribution < -0.4 is 15.8 Å². The molecule has 1 amide bonds. The minimum absolute atomic E-state index is 0.0272. The number of carbonyl (C=O) groups is 2. The van der Waals surface area contributed by atoms with E-state index in [0.717, 1.165) is 13.2 Å². The number of hydrogen-bond acceptors (Lipinski definition) is 9. The summed E-state index contributed by atoms with van der Waals surface area (Å²) in [5, 5.41) is 12.3. The van der Waals surface area contributed by atoms with E-state index in [1.807, 2.05) is 0 Å². The van der Waals surface area contributed by atoms with Crippen molar-refractivity contribution in [2.75, 3.05) is 14.2 Å². The third kappa shape index (κ3) is 5.48. The lowest BCUT2D eigenvalue weighted by molar-refractivity contribution is -0.143. The Hall–Kier alpha value is -4.65. The zero-order chi connectivity index (χ0) is 28.5. The van der Waals surface area contributed by atoms with Crippen LogP contribution in [-0.4, -0.2) is 41.2 Å². The quantitative estimate of drug-likeness (QED) is 0.290. The number of amides is 1. The molecule has 2 heterocycles. The highest BCUT2D eigenvalue weighted by Crippen LogP contribution is 2.37. The van der Waals surface area contributed by atoms with E-state index in [2.05, 4.69) is 15.3 Å². The lowest BCUT2D eigenvalue weighted by atomic mass is 10.1. The topological polar surface area (TPSA) is 150 Å². The predicted molar refractivity (Wildman–Crippen MR) is 132 cm³/mol. The monoisotopic (exact) mass is 544 g/mol. The molecular weight excluding hydrogens is 521 g/mol. The van der Waals surface area contributed by atoms with E-state index in [4.69, 9.17) is 19.6 Å². The first-order valence-corrected chi connectivity index (χ1v) is 11.4. The smallest absolute Gasteiger partial charge is 0.433 e. The Morgan fingerprint density at radius 2 is 1.74 bits per heavy atom. The van der Waals surface area contributed by atoms with Crippen LogP contribution in [0.25, 0.3) is 22.4 Å². The molecule has 0 aliphatic carbocycles. The normalized spacial score (nSPS) is 13.1. The van der Waals surface area contributed by atoms with Gasteiger partial charge in [0, 0.05) is 10.9 Å². The van der Waals surface area contributed by atoms with Crippen LogP contribution in [0.3, 0.4) is 0 Å². The molecule has 4 N–H and O–H groups in total. The van der Waals surface area contributed by atoms with E-state index < -0.39 is 35.8 Å². The van der Waals surface area contributed by atoms with Crippen LogP contribution in [0, 0.1) is 0 Å². The third-order valence-corrected chi connectivity index (χ3v) is 5.78. The number of benzene rings is 2. The van der Waals surface area contributed by atoms with Gasteiger partial charge in [-0.05, 0) is 48.9 Å². The number of phenolic OH excluding ortho intramolecular Hbond substituents is 1. The Morgan fingerprint density at radius 1 is 1.05 bits per heavy atom. The molecule has 2 atom stereocenters. The Balaban J connectivity index is 1.79. The number of carbonyl (C=O) groups excluding carboxylic acids is 2. The number of methoxy groups -OCH3 is 2. The molecule has 13 heteroatoms. The average molecular weight is 544 g/mol. The fourth-order valence-corrected chi connectivity index (χ4v) is 3.88. The largest absolute Gasteiger partial charge is 0.508 e. The average Bonchev–Trinajstić information content (AvgIpc) is 3.36. The number of rotatable bonds is 7. The van der Waals surface area contributed by atoms with Gasteiger partial charge in [0.1, 0.15) is 22.7 Å². The number of nitrogens with zero attached hydrogens (tertiary/aromatic N) is 2. The lowest BCUT2D eigenvalue weighted by Gasteiger charge is -2.16. The summed E-state index contributed by atoms with van der Waals surface area (Å²) in [5.41, 5.74) is 5.14. The highest BCUT2D eigenvalue weighted by Gasteiger charge is 2.34. The first kappa shape index (κ1) is 27.4. The van der Waals surface area contributed by atoms with Gasteiger partial charge in [-0.25, -0.2) is 14.8 Å². The number of halogens is 3. The summed E-state index contributed by atoms with van der Waals surface area (Å²) < 4.78 is 55.7. The lowest BCUT2D eigenvalue weighted by Crippen LogP contribution is -2.35. The molecule has 4 rings (SSSR count). The third-order valence-electron chi connectivity index (χ3n) is 5.78. The van der Waals surface area contributed by atoms with Crippen molar-refractivity contribution >= 4 is 22.8 Å². The number of aromatic nitrogens is 2. The van der Waals surface area contributed by atoms with E-state index in [-0.39, 0.29) is 45.3 Å².